The number of nitrogens with zero attached hydrogens (tertiary/aromatic N) is 4. The van der Waals surface area contributed by atoms with Gasteiger partial charge in [0.05, 0.1) is 20.8 Å². The predicted octanol–water partition coefficient (Wildman–Crippen LogP) is 3.61. The van der Waals surface area contributed by atoms with E-state index >= 15 is 0 Å². The minimum absolute atomic E-state index is 0.536. The SMILES string of the molecule is COc1ccc(OC)c(-n2nnnc2SCCOc2ccc(Br)cc2)c1. The normalized spacial score (nSPS) is 10.6. The molecule has 3 rings (SSSR count). The number of benzene rings is 2. The fraction of sp³-hybridized carbons (Fsp3) is 0.235. The first-order chi connectivity index (χ1) is 12.7. The average molecular weight is 437 g/mol. The van der Waals surface area contributed by atoms with Crippen LogP contribution in [0.15, 0.2) is 52.1 Å². The van der Waals surface area contributed by atoms with Crippen LogP contribution in [0.3, 0.4) is 0 Å². The Balaban J connectivity index is 1.66. The van der Waals surface area contributed by atoms with Gasteiger partial charge in [-0.25, -0.2) is 0 Å². The van der Waals surface area contributed by atoms with Crippen LogP contribution in [-0.4, -0.2) is 46.8 Å². The van der Waals surface area contributed by atoms with E-state index in [-0.39, 0.29) is 0 Å². The van der Waals surface area contributed by atoms with Gasteiger partial charge in [-0.15, -0.1) is 5.10 Å². The summed E-state index contributed by atoms with van der Waals surface area (Å²) in [4.78, 5) is 0. The van der Waals surface area contributed by atoms with E-state index in [0.717, 1.165) is 10.2 Å². The maximum absolute atomic E-state index is 5.72. The Bertz CT molecular complexity index is 857. The zero-order valence-corrected chi connectivity index (χ0v) is 16.7. The summed E-state index contributed by atoms with van der Waals surface area (Å²) < 4.78 is 19.1. The summed E-state index contributed by atoms with van der Waals surface area (Å²) in [6.45, 7) is 0.536. The minimum Gasteiger partial charge on any atom is -0.497 e. The van der Waals surface area contributed by atoms with E-state index in [2.05, 4.69) is 31.5 Å². The van der Waals surface area contributed by atoms with Crippen LogP contribution in [0.5, 0.6) is 17.2 Å². The van der Waals surface area contributed by atoms with Crippen molar-refractivity contribution in [3.05, 3.63) is 46.9 Å². The van der Waals surface area contributed by atoms with Gasteiger partial charge in [0.2, 0.25) is 5.16 Å². The Kier molecular flexibility index (Phi) is 6.35. The number of aromatic nitrogens is 4. The molecule has 26 heavy (non-hydrogen) atoms. The molecule has 0 bridgehead atoms. The standard InChI is InChI=1S/C17H17BrN4O3S/c1-23-14-7-8-16(24-2)15(11-14)22-17(19-20-21-22)26-10-9-25-13-5-3-12(18)4-6-13/h3-8,11H,9-10H2,1-2H3. The molecular formula is C17H17BrN4O3S. The lowest BCUT2D eigenvalue weighted by Crippen LogP contribution is -2.05. The lowest BCUT2D eigenvalue weighted by Gasteiger charge is -2.11. The number of halogens is 1. The summed E-state index contributed by atoms with van der Waals surface area (Å²) in [5, 5.41) is 12.6. The topological polar surface area (TPSA) is 71.3 Å². The third kappa shape index (κ3) is 4.47. The lowest BCUT2D eigenvalue weighted by molar-refractivity contribution is 0.344. The van der Waals surface area contributed by atoms with Gasteiger partial charge in [-0.1, -0.05) is 27.7 Å². The highest BCUT2D eigenvalue weighted by Gasteiger charge is 2.14. The van der Waals surface area contributed by atoms with Crippen molar-refractivity contribution in [2.45, 2.75) is 5.16 Å². The van der Waals surface area contributed by atoms with Crippen molar-refractivity contribution < 1.29 is 14.2 Å². The minimum atomic E-state index is 0.536. The Morgan fingerprint density at radius 2 is 1.81 bits per heavy atom. The van der Waals surface area contributed by atoms with E-state index in [1.54, 1.807) is 18.9 Å². The van der Waals surface area contributed by atoms with Crippen LogP contribution < -0.4 is 14.2 Å². The summed E-state index contributed by atoms with van der Waals surface area (Å²) in [6, 6.07) is 13.2. The molecule has 1 heterocycles. The number of ether oxygens (including phenoxy) is 3. The molecular weight excluding hydrogens is 420 g/mol. The van der Waals surface area contributed by atoms with Crippen molar-refractivity contribution in [3.8, 4) is 22.9 Å². The van der Waals surface area contributed by atoms with Crippen LogP contribution in [0.2, 0.25) is 0 Å². The molecule has 0 radical (unpaired) electrons. The molecule has 0 saturated carbocycles. The summed E-state index contributed by atoms with van der Waals surface area (Å²) in [5.74, 6) is 2.88. The van der Waals surface area contributed by atoms with Crippen molar-refractivity contribution in [1.29, 1.82) is 0 Å². The van der Waals surface area contributed by atoms with Gasteiger partial charge in [-0.3, -0.25) is 0 Å². The zero-order valence-electron chi connectivity index (χ0n) is 14.3. The van der Waals surface area contributed by atoms with Gasteiger partial charge < -0.3 is 14.2 Å². The maximum atomic E-state index is 5.72. The molecule has 1 aromatic heterocycles. The third-order valence-corrected chi connectivity index (χ3v) is 4.86. The van der Waals surface area contributed by atoms with Gasteiger partial charge in [0.15, 0.2) is 0 Å². The van der Waals surface area contributed by atoms with Gasteiger partial charge >= 0.3 is 0 Å². The second-order valence-corrected chi connectivity index (χ2v) is 7.04. The van der Waals surface area contributed by atoms with Gasteiger partial charge in [0.1, 0.15) is 22.9 Å². The summed E-state index contributed by atoms with van der Waals surface area (Å²) >= 11 is 4.90. The first-order valence-corrected chi connectivity index (χ1v) is 9.51. The molecule has 0 saturated heterocycles. The number of hydrogen-bond acceptors (Lipinski definition) is 7. The van der Waals surface area contributed by atoms with E-state index in [1.807, 2.05) is 42.5 Å². The number of methoxy groups -OCH3 is 2. The molecule has 136 valence electrons. The second-order valence-electron chi connectivity index (χ2n) is 5.06. The smallest absolute Gasteiger partial charge is 0.214 e. The van der Waals surface area contributed by atoms with E-state index in [0.29, 0.717) is 34.7 Å². The Hall–Kier alpha value is -2.26. The highest BCUT2D eigenvalue weighted by atomic mass is 79.9. The van der Waals surface area contributed by atoms with Gasteiger partial charge in [-0.05, 0) is 46.8 Å². The molecule has 2 aromatic carbocycles. The van der Waals surface area contributed by atoms with Crippen molar-refractivity contribution in [3.63, 3.8) is 0 Å². The van der Waals surface area contributed by atoms with Crippen LogP contribution in [0.4, 0.5) is 0 Å². The Morgan fingerprint density at radius 3 is 2.54 bits per heavy atom. The average Bonchev–Trinajstić information content (AvgIpc) is 3.14. The predicted molar refractivity (Wildman–Crippen MR) is 103 cm³/mol. The fourth-order valence-corrected chi connectivity index (χ4v) is 3.17. The maximum Gasteiger partial charge on any atom is 0.214 e. The number of thioether (sulfide) groups is 1. The van der Waals surface area contributed by atoms with Gasteiger partial charge in [0, 0.05) is 16.3 Å². The first-order valence-electron chi connectivity index (χ1n) is 7.73. The van der Waals surface area contributed by atoms with E-state index in [9.17, 15) is 0 Å². The summed E-state index contributed by atoms with van der Waals surface area (Å²) in [6.07, 6.45) is 0. The second kappa shape index (κ2) is 8.91. The van der Waals surface area contributed by atoms with Gasteiger partial charge in [0.25, 0.3) is 0 Å². The highest BCUT2D eigenvalue weighted by Crippen LogP contribution is 2.29. The van der Waals surface area contributed by atoms with Crippen molar-refractivity contribution in [2.75, 3.05) is 26.6 Å². The molecule has 0 aliphatic carbocycles. The number of hydrogen-bond donors (Lipinski definition) is 0. The van der Waals surface area contributed by atoms with E-state index < -0.39 is 0 Å². The largest absolute Gasteiger partial charge is 0.497 e. The molecule has 0 atom stereocenters. The molecule has 0 spiro atoms. The highest BCUT2D eigenvalue weighted by molar-refractivity contribution is 9.10. The fourth-order valence-electron chi connectivity index (χ4n) is 2.21. The van der Waals surface area contributed by atoms with Crippen LogP contribution in [0.25, 0.3) is 5.69 Å². The zero-order chi connectivity index (χ0) is 18.4. The molecule has 0 fully saturated rings. The molecule has 9 heteroatoms. The number of rotatable bonds is 8. The van der Waals surface area contributed by atoms with Gasteiger partial charge in [-0.2, -0.15) is 4.68 Å². The molecule has 0 amide bonds. The van der Waals surface area contributed by atoms with Crippen molar-refractivity contribution in [1.82, 2.24) is 20.2 Å². The van der Waals surface area contributed by atoms with Crippen LogP contribution in [0, 0.1) is 0 Å². The summed E-state index contributed by atoms with van der Waals surface area (Å²) in [7, 11) is 3.22. The molecule has 0 N–H and O–H groups in total. The first kappa shape index (κ1) is 18.5. The van der Waals surface area contributed by atoms with E-state index in [1.165, 1.54) is 11.8 Å². The quantitative estimate of drug-likeness (QED) is 0.394. The molecule has 0 aliphatic rings. The monoisotopic (exact) mass is 436 g/mol. The molecule has 7 nitrogen and oxygen atoms in total. The molecule has 3 aromatic rings. The Labute approximate surface area is 163 Å². The number of tetrazole rings is 1. The molecule has 0 aliphatic heterocycles. The third-order valence-electron chi connectivity index (χ3n) is 3.45. The summed E-state index contributed by atoms with van der Waals surface area (Å²) in [5.41, 5.74) is 0.716. The van der Waals surface area contributed by atoms with Crippen LogP contribution in [0.1, 0.15) is 0 Å². The van der Waals surface area contributed by atoms with Crippen molar-refractivity contribution >= 4 is 27.7 Å². The van der Waals surface area contributed by atoms with Crippen molar-refractivity contribution in [2.24, 2.45) is 0 Å². The Morgan fingerprint density at radius 1 is 1.04 bits per heavy atom. The van der Waals surface area contributed by atoms with E-state index in [4.69, 9.17) is 14.2 Å². The lowest BCUT2D eigenvalue weighted by atomic mass is 10.3. The van der Waals surface area contributed by atoms with Crippen LogP contribution in [-0.2, 0) is 0 Å². The molecule has 0 unspecified atom stereocenters. The van der Waals surface area contributed by atoms with Crippen LogP contribution >= 0.6 is 27.7 Å².